The van der Waals surface area contributed by atoms with Gasteiger partial charge in [0.05, 0.1) is 23.8 Å². The zero-order chi connectivity index (χ0) is 26.1. The molecule has 2 unspecified atom stereocenters. The molecule has 3 aromatic carbocycles. The topological polar surface area (TPSA) is 93.1 Å². The lowest BCUT2D eigenvalue weighted by Gasteiger charge is -2.25. The molecule has 2 atom stereocenters. The summed E-state index contributed by atoms with van der Waals surface area (Å²) in [7, 11) is 0. The first-order valence-electron chi connectivity index (χ1n) is 12.3. The first-order chi connectivity index (χ1) is 17.9. The van der Waals surface area contributed by atoms with Gasteiger partial charge in [-0.05, 0) is 60.9 Å². The summed E-state index contributed by atoms with van der Waals surface area (Å²) >= 11 is 0. The lowest BCUT2D eigenvalue weighted by Crippen LogP contribution is -2.29. The Kier molecular flexibility index (Phi) is 6.53. The number of benzene rings is 3. The number of hydrogen-bond donors (Lipinski definition) is 1. The molecule has 0 spiro atoms. The lowest BCUT2D eigenvalue weighted by atomic mass is 9.94. The van der Waals surface area contributed by atoms with Crippen LogP contribution in [0.15, 0.2) is 78.4 Å². The van der Waals surface area contributed by atoms with Crippen molar-refractivity contribution in [3.05, 3.63) is 106 Å². The Morgan fingerprint density at radius 1 is 1.03 bits per heavy atom. The second-order valence-electron chi connectivity index (χ2n) is 9.21. The second kappa shape index (κ2) is 9.93. The minimum atomic E-state index is -0.769. The van der Waals surface area contributed by atoms with Crippen LogP contribution < -0.4 is 4.74 Å². The van der Waals surface area contributed by atoms with Crippen LogP contribution in [0.1, 0.15) is 52.5 Å². The Morgan fingerprint density at radius 2 is 1.73 bits per heavy atom. The van der Waals surface area contributed by atoms with E-state index in [4.69, 9.17) is 9.47 Å². The van der Waals surface area contributed by atoms with Gasteiger partial charge in [0, 0.05) is 18.5 Å². The second-order valence-corrected chi connectivity index (χ2v) is 9.21. The van der Waals surface area contributed by atoms with Crippen molar-refractivity contribution in [2.75, 3.05) is 6.61 Å². The van der Waals surface area contributed by atoms with Crippen LogP contribution in [0.4, 0.5) is 0 Å². The Balaban J connectivity index is 1.53. The van der Waals surface area contributed by atoms with E-state index < -0.39 is 23.7 Å². The number of nitrogens with zero attached hydrogens (tertiary/aromatic N) is 1. The number of fused-ring (bicyclic) bond motifs is 1. The smallest absolute Gasteiger partial charge is 0.338 e. The molecule has 0 aliphatic carbocycles. The van der Waals surface area contributed by atoms with E-state index in [9.17, 15) is 19.5 Å². The number of ether oxygens (including phenoxy) is 2. The number of aliphatic hydroxyl groups is 1. The van der Waals surface area contributed by atoms with Crippen molar-refractivity contribution in [3.8, 4) is 5.75 Å². The summed E-state index contributed by atoms with van der Waals surface area (Å²) in [6, 6.07) is 20.4. The number of ketones is 1. The third-order valence-corrected chi connectivity index (χ3v) is 6.64. The Hall–Kier alpha value is -4.39. The number of carbonyl (C=O) groups excluding carboxylic acids is 3. The normalized spacial score (nSPS) is 20.0. The molecule has 1 amide bonds. The quantitative estimate of drug-likeness (QED) is 0.227. The predicted molar refractivity (Wildman–Crippen MR) is 137 cm³/mol. The number of Topliss-reactive ketones (excluding diaryl/α,β-unsaturated/α-hetero) is 1. The molecular weight excluding hydrogens is 470 g/mol. The average Bonchev–Trinajstić information content (AvgIpc) is 3.40. The van der Waals surface area contributed by atoms with Gasteiger partial charge in [-0.1, -0.05) is 42.5 Å². The number of rotatable bonds is 6. The predicted octanol–water partition coefficient (Wildman–Crippen LogP) is 4.81. The van der Waals surface area contributed by atoms with Crippen LogP contribution in [0.2, 0.25) is 0 Å². The van der Waals surface area contributed by atoms with Gasteiger partial charge in [0.1, 0.15) is 17.6 Å². The van der Waals surface area contributed by atoms with Crippen LogP contribution in [0, 0.1) is 0 Å². The molecule has 0 aromatic heterocycles. The van der Waals surface area contributed by atoms with E-state index in [1.807, 2.05) is 43.3 Å². The van der Waals surface area contributed by atoms with E-state index in [0.717, 1.165) is 16.9 Å². The van der Waals surface area contributed by atoms with Gasteiger partial charge in [-0.3, -0.25) is 9.59 Å². The lowest BCUT2D eigenvalue weighted by molar-refractivity contribution is -0.140. The maximum atomic E-state index is 13.3. The van der Waals surface area contributed by atoms with E-state index in [1.165, 1.54) is 4.90 Å². The standard InChI is InChI=1S/C30H27NO6/c1-3-36-30(35)21-11-9-19(10-12-21)17-31-26(20-7-5-4-6-8-20)25(28(33)29(31)34)27(32)22-13-14-24-23(16-22)15-18(2)37-24/h4-14,16,18,26,32H,3,15,17H2,1-2H3/b27-25-. The average molecular weight is 498 g/mol. The van der Waals surface area contributed by atoms with Gasteiger partial charge in [0.25, 0.3) is 11.7 Å². The molecule has 188 valence electrons. The molecule has 0 radical (unpaired) electrons. The van der Waals surface area contributed by atoms with E-state index in [-0.39, 0.29) is 30.6 Å². The van der Waals surface area contributed by atoms with Gasteiger partial charge in [-0.2, -0.15) is 0 Å². The van der Waals surface area contributed by atoms with Crippen molar-refractivity contribution in [2.24, 2.45) is 0 Å². The fraction of sp³-hybridized carbons (Fsp3) is 0.233. The molecule has 7 nitrogen and oxygen atoms in total. The summed E-state index contributed by atoms with van der Waals surface area (Å²) in [5.74, 6) is -1.30. The minimum absolute atomic E-state index is 0.0394. The Bertz CT molecular complexity index is 1390. The fourth-order valence-corrected chi connectivity index (χ4v) is 4.91. The molecule has 1 fully saturated rings. The maximum absolute atomic E-state index is 13.3. The molecule has 1 saturated heterocycles. The van der Waals surface area contributed by atoms with E-state index in [1.54, 1.807) is 43.3 Å². The fourth-order valence-electron chi connectivity index (χ4n) is 4.91. The van der Waals surface area contributed by atoms with Crippen LogP contribution in [-0.2, 0) is 27.3 Å². The summed E-state index contributed by atoms with van der Waals surface area (Å²) in [5, 5.41) is 11.4. The molecule has 5 rings (SSSR count). The van der Waals surface area contributed by atoms with Crippen LogP contribution in [0.25, 0.3) is 5.76 Å². The number of aliphatic hydroxyl groups excluding tert-OH is 1. The summed E-state index contributed by atoms with van der Waals surface area (Å²) in [6.07, 6.45) is 0.742. The van der Waals surface area contributed by atoms with Gasteiger partial charge in [0.15, 0.2) is 0 Å². The highest BCUT2D eigenvalue weighted by atomic mass is 16.5. The van der Waals surface area contributed by atoms with Crippen LogP contribution in [0.3, 0.4) is 0 Å². The molecule has 0 saturated carbocycles. The number of amides is 1. The molecule has 2 aliphatic rings. The molecule has 2 aliphatic heterocycles. The number of likely N-dealkylation sites (tertiary alicyclic amines) is 1. The number of hydrogen-bond acceptors (Lipinski definition) is 6. The number of carbonyl (C=O) groups is 3. The summed E-state index contributed by atoms with van der Waals surface area (Å²) < 4.78 is 10.8. The SMILES string of the molecule is CCOC(=O)c1ccc(CN2C(=O)C(=O)/C(=C(\O)c3ccc4c(c3)CC(C)O4)C2c2ccccc2)cc1. The van der Waals surface area contributed by atoms with Gasteiger partial charge >= 0.3 is 5.97 Å². The molecular formula is C30H27NO6. The van der Waals surface area contributed by atoms with Crippen molar-refractivity contribution in [2.45, 2.75) is 39.0 Å². The third-order valence-electron chi connectivity index (χ3n) is 6.64. The summed E-state index contributed by atoms with van der Waals surface area (Å²) in [5.41, 5.74) is 3.32. The largest absolute Gasteiger partial charge is 0.507 e. The van der Waals surface area contributed by atoms with E-state index >= 15 is 0 Å². The molecule has 1 N–H and O–H groups in total. The zero-order valence-corrected chi connectivity index (χ0v) is 20.6. The van der Waals surface area contributed by atoms with Crippen molar-refractivity contribution < 1.29 is 29.0 Å². The molecule has 37 heavy (non-hydrogen) atoms. The zero-order valence-electron chi connectivity index (χ0n) is 20.6. The van der Waals surface area contributed by atoms with Gasteiger partial charge in [-0.15, -0.1) is 0 Å². The first kappa shape index (κ1) is 24.3. The van der Waals surface area contributed by atoms with E-state index in [2.05, 4.69) is 0 Å². The van der Waals surface area contributed by atoms with Crippen LogP contribution in [-0.4, -0.2) is 40.4 Å². The van der Waals surface area contributed by atoms with Crippen LogP contribution in [0.5, 0.6) is 5.75 Å². The van der Waals surface area contributed by atoms with Gasteiger partial charge in [0.2, 0.25) is 0 Å². The highest BCUT2D eigenvalue weighted by molar-refractivity contribution is 6.46. The minimum Gasteiger partial charge on any atom is -0.507 e. The monoisotopic (exact) mass is 497 g/mol. The molecule has 3 aromatic rings. The number of esters is 1. The highest BCUT2D eigenvalue weighted by Gasteiger charge is 2.46. The van der Waals surface area contributed by atoms with E-state index in [0.29, 0.717) is 23.1 Å². The first-order valence-corrected chi connectivity index (χ1v) is 12.3. The molecule has 0 bridgehead atoms. The van der Waals surface area contributed by atoms with Gasteiger partial charge < -0.3 is 19.5 Å². The molecule has 7 heteroatoms. The highest BCUT2D eigenvalue weighted by Crippen LogP contribution is 2.41. The summed E-state index contributed by atoms with van der Waals surface area (Å²) in [4.78, 5) is 40.0. The maximum Gasteiger partial charge on any atom is 0.338 e. The van der Waals surface area contributed by atoms with Crippen molar-refractivity contribution in [3.63, 3.8) is 0 Å². The Labute approximate surface area is 214 Å². The molecule has 2 heterocycles. The Morgan fingerprint density at radius 3 is 2.43 bits per heavy atom. The van der Waals surface area contributed by atoms with Crippen molar-refractivity contribution in [1.29, 1.82) is 0 Å². The summed E-state index contributed by atoms with van der Waals surface area (Å²) in [6.45, 7) is 4.11. The van der Waals surface area contributed by atoms with Gasteiger partial charge in [-0.25, -0.2) is 4.79 Å². The third kappa shape index (κ3) is 4.60. The van der Waals surface area contributed by atoms with Crippen molar-refractivity contribution >= 4 is 23.4 Å². The van der Waals surface area contributed by atoms with Crippen LogP contribution >= 0.6 is 0 Å². The van der Waals surface area contributed by atoms with Crippen molar-refractivity contribution in [1.82, 2.24) is 4.90 Å².